The lowest BCUT2D eigenvalue weighted by atomic mass is 9.69. The molecule has 0 N–H and O–H groups in total. The molecule has 0 amide bonds. The van der Waals surface area contributed by atoms with E-state index in [0.717, 1.165) is 18.8 Å². The second-order valence-corrected chi connectivity index (χ2v) is 9.12. The summed E-state index contributed by atoms with van der Waals surface area (Å²) in [4.78, 5) is 12.4. The standard InChI is InChI=1S/C18H34O2/c1-16(2,3)13-9-11-14(12-10-13)20-15(19)18(7,8)17(4,5)6/h13-14H,9-12H2,1-8H3. The Bertz CT molecular complexity index is 333. The summed E-state index contributed by atoms with van der Waals surface area (Å²) in [5, 5.41) is 0. The summed E-state index contributed by atoms with van der Waals surface area (Å²) in [6.45, 7) is 17.2. The molecule has 2 nitrogen and oxygen atoms in total. The van der Waals surface area contributed by atoms with Crippen LogP contribution < -0.4 is 0 Å². The van der Waals surface area contributed by atoms with Crippen molar-refractivity contribution in [3.8, 4) is 0 Å². The van der Waals surface area contributed by atoms with Gasteiger partial charge in [0.25, 0.3) is 0 Å². The van der Waals surface area contributed by atoms with Crippen LogP contribution in [0.1, 0.15) is 81.1 Å². The Labute approximate surface area is 125 Å². The van der Waals surface area contributed by atoms with E-state index in [9.17, 15) is 4.79 Å². The van der Waals surface area contributed by atoms with E-state index in [1.165, 1.54) is 12.8 Å². The molecule has 0 bridgehead atoms. The van der Waals surface area contributed by atoms with Crippen molar-refractivity contribution in [2.45, 2.75) is 87.2 Å². The van der Waals surface area contributed by atoms with Crippen LogP contribution in [0, 0.1) is 22.2 Å². The number of hydrogen-bond acceptors (Lipinski definition) is 2. The third-order valence-electron chi connectivity index (χ3n) is 5.56. The molecule has 1 fully saturated rings. The minimum Gasteiger partial charge on any atom is -0.462 e. The largest absolute Gasteiger partial charge is 0.462 e. The number of carbonyl (C=O) groups is 1. The normalized spacial score (nSPS) is 25.4. The lowest BCUT2D eigenvalue weighted by Gasteiger charge is -2.40. The second kappa shape index (κ2) is 5.69. The first-order valence-corrected chi connectivity index (χ1v) is 8.07. The number of rotatable bonds is 2. The minimum absolute atomic E-state index is 0.0378. The summed E-state index contributed by atoms with van der Waals surface area (Å²) >= 11 is 0. The van der Waals surface area contributed by atoms with E-state index in [1.807, 2.05) is 13.8 Å². The monoisotopic (exact) mass is 282 g/mol. The van der Waals surface area contributed by atoms with Crippen molar-refractivity contribution in [3.63, 3.8) is 0 Å². The van der Waals surface area contributed by atoms with Gasteiger partial charge in [0.2, 0.25) is 0 Å². The highest BCUT2D eigenvalue weighted by Crippen LogP contribution is 2.42. The van der Waals surface area contributed by atoms with Gasteiger partial charge >= 0.3 is 5.97 Å². The van der Waals surface area contributed by atoms with Crippen LogP contribution in [0.2, 0.25) is 0 Å². The maximum Gasteiger partial charge on any atom is 0.312 e. The Morgan fingerprint density at radius 3 is 1.65 bits per heavy atom. The molecule has 0 saturated heterocycles. The maximum atomic E-state index is 12.4. The molecule has 0 radical (unpaired) electrons. The first kappa shape index (κ1) is 17.5. The Kier molecular flexibility index (Phi) is 4.99. The average molecular weight is 282 g/mol. The molecule has 20 heavy (non-hydrogen) atoms. The van der Waals surface area contributed by atoms with Crippen LogP contribution in [0.5, 0.6) is 0 Å². The van der Waals surface area contributed by atoms with Gasteiger partial charge in [-0.2, -0.15) is 0 Å². The fraction of sp³-hybridized carbons (Fsp3) is 0.944. The Morgan fingerprint density at radius 1 is 0.850 bits per heavy atom. The van der Waals surface area contributed by atoms with Crippen LogP contribution in [-0.4, -0.2) is 12.1 Å². The molecular formula is C18H34O2. The molecule has 0 atom stereocenters. The van der Waals surface area contributed by atoms with Crippen molar-refractivity contribution in [2.75, 3.05) is 0 Å². The van der Waals surface area contributed by atoms with Crippen molar-refractivity contribution in [2.24, 2.45) is 22.2 Å². The Morgan fingerprint density at radius 2 is 1.30 bits per heavy atom. The molecule has 1 aliphatic rings. The minimum atomic E-state index is -0.437. The zero-order valence-corrected chi connectivity index (χ0v) is 14.8. The van der Waals surface area contributed by atoms with Crippen molar-refractivity contribution < 1.29 is 9.53 Å². The number of ether oxygens (including phenoxy) is 1. The molecule has 0 aromatic heterocycles. The predicted molar refractivity (Wildman–Crippen MR) is 84.5 cm³/mol. The first-order chi connectivity index (χ1) is 8.85. The van der Waals surface area contributed by atoms with E-state index in [-0.39, 0.29) is 17.5 Å². The van der Waals surface area contributed by atoms with Gasteiger partial charge < -0.3 is 4.74 Å². The van der Waals surface area contributed by atoms with Crippen molar-refractivity contribution in [3.05, 3.63) is 0 Å². The summed E-state index contributed by atoms with van der Waals surface area (Å²) in [6, 6.07) is 0. The topological polar surface area (TPSA) is 26.3 Å². The number of hydrogen-bond donors (Lipinski definition) is 0. The first-order valence-electron chi connectivity index (χ1n) is 8.07. The van der Waals surface area contributed by atoms with Gasteiger partial charge in [-0.3, -0.25) is 4.79 Å². The van der Waals surface area contributed by atoms with Crippen LogP contribution >= 0.6 is 0 Å². The highest BCUT2D eigenvalue weighted by molar-refractivity contribution is 5.77. The summed E-state index contributed by atoms with van der Waals surface area (Å²) < 4.78 is 5.80. The summed E-state index contributed by atoms with van der Waals surface area (Å²) in [5.41, 5.74) is -0.139. The van der Waals surface area contributed by atoms with Crippen LogP contribution in [0.25, 0.3) is 0 Å². The smallest absolute Gasteiger partial charge is 0.312 e. The molecule has 0 aliphatic heterocycles. The van der Waals surface area contributed by atoms with E-state index in [0.29, 0.717) is 5.41 Å². The molecule has 0 aromatic carbocycles. The van der Waals surface area contributed by atoms with E-state index in [2.05, 4.69) is 41.5 Å². The third kappa shape index (κ3) is 3.99. The molecule has 1 rings (SSSR count). The van der Waals surface area contributed by atoms with Gasteiger partial charge in [0, 0.05) is 0 Å². The molecule has 1 aliphatic carbocycles. The molecule has 0 aromatic rings. The molecule has 0 heterocycles. The summed E-state index contributed by atoms with van der Waals surface area (Å²) in [7, 11) is 0. The van der Waals surface area contributed by atoms with E-state index >= 15 is 0 Å². The third-order valence-corrected chi connectivity index (χ3v) is 5.56. The number of carbonyl (C=O) groups excluding carboxylic acids is 1. The van der Waals surface area contributed by atoms with Crippen molar-refractivity contribution in [1.82, 2.24) is 0 Å². The van der Waals surface area contributed by atoms with Gasteiger partial charge in [-0.15, -0.1) is 0 Å². The van der Waals surface area contributed by atoms with Gasteiger partial charge in [-0.05, 0) is 56.3 Å². The zero-order valence-electron chi connectivity index (χ0n) is 14.8. The molecule has 0 unspecified atom stereocenters. The highest BCUT2D eigenvalue weighted by atomic mass is 16.5. The van der Waals surface area contributed by atoms with E-state index < -0.39 is 5.41 Å². The van der Waals surface area contributed by atoms with Gasteiger partial charge in [-0.25, -0.2) is 0 Å². The van der Waals surface area contributed by atoms with Crippen molar-refractivity contribution in [1.29, 1.82) is 0 Å². The van der Waals surface area contributed by atoms with Crippen LogP contribution in [-0.2, 0) is 9.53 Å². The summed E-state index contributed by atoms with van der Waals surface area (Å²) in [5.74, 6) is 0.720. The second-order valence-electron chi connectivity index (χ2n) is 9.12. The Balaban J connectivity index is 2.55. The van der Waals surface area contributed by atoms with Crippen molar-refractivity contribution >= 4 is 5.97 Å². The maximum absolute atomic E-state index is 12.4. The SMILES string of the molecule is CC(C)(C)C1CCC(OC(=O)C(C)(C)C(C)(C)C)CC1. The molecule has 0 spiro atoms. The van der Waals surface area contributed by atoms with Gasteiger partial charge in [0.1, 0.15) is 6.10 Å². The predicted octanol–water partition coefficient (Wildman–Crippen LogP) is 5.21. The highest BCUT2D eigenvalue weighted by Gasteiger charge is 2.42. The van der Waals surface area contributed by atoms with Gasteiger partial charge in [-0.1, -0.05) is 41.5 Å². The van der Waals surface area contributed by atoms with E-state index in [1.54, 1.807) is 0 Å². The Hall–Kier alpha value is -0.530. The summed E-state index contributed by atoms with van der Waals surface area (Å²) in [6.07, 6.45) is 4.53. The average Bonchev–Trinajstić information content (AvgIpc) is 2.26. The van der Waals surface area contributed by atoms with Crippen LogP contribution in [0.3, 0.4) is 0 Å². The quantitative estimate of drug-likeness (QED) is 0.650. The molecular weight excluding hydrogens is 248 g/mol. The number of esters is 1. The van der Waals surface area contributed by atoms with Crippen LogP contribution in [0.15, 0.2) is 0 Å². The zero-order chi connectivity index (χ0) is 15.8. The van der Waals surface area contributed by atoms with E-state index in [4.69, 9.17) is 4.74 Å². The fourth-order valence-corrected chi connectivity index (χ4v) is 2.65. The lowest BCUT2D eigenvalue weighted by Crippen LogP contribution is -2.41. The lowest BCUT2D eigenvalue weighted by molar-refractivity contribution is -0.168. The fourth-order valence-electron chi connectivity index (χ4n) is 2.65. The molecule has 118 valence electrons. The van der Waals surface area contributed by atoms with Crippen LogP contribution in [0.4, 0.5) is 0 Å². The molecule has 2 heteroatoms. The molecule has 1 saturated carbocycles. The van der Waals surface area contributed by atoms with Gasteiger partial charge in [0.05, 0.1) is 5.41 Å². The van der Waals surface area contributed by atoms with Gasteiger partial charge in [0.15, 0.2) is 0 Å².